The molecule has 0 bridgehead atoms. The molecule has 1 fully saturated rings. The topological polar surface area (TPSA) is 58.5 Å². The molecular formula is C11H17N3O2. The first-order chi connectivity index (χ1) is 7.79. The zero-order valence-corrected chi connectivity index (χ0v) is 9.46. The predicted molar refractivity (Wildman–Crippen MR) is 60.4 cm³/mol. The number of aryl methyl sites for hydroxylation is 1. The standard InChI is InChI=1S/C11H17N3O2/c1-2-9-5-11(13-8-12-9)14-3-4-16-7-10(15)6-14/h5,8,10,15H,2-4,6-7H2,1H3. The summed E-state index contributed by atoms with van der Waals surface area (Å²) in [5.41, 5.74) is 1.02. The Morgan fingerprint density at radius 1 is 1.56 bits per heavy atom. The maximum atomic E-state index is 9.64. The highest BCUT2D eigenvalue weighted by molar-refractivity contribution is 5.39. The summed E-state index contributed by atoms with van der Waals surface area (Å²) < 4.78 is 5.28. The lowest BCUT2D eigenvalue weighted by molar-refractivity contribution is 0.0597. The molecule has 5 heteroatoms. The van der Waals surface area contributed by atoms with Gasteiger partial charge in [0.25, 0.3) is 0 Å². The van der Waals surface area contributed by atoms with E-state index >= 15 is 0 Å². The predicted octanol–water partition coefficient (Wildman–Crippen LogP) is 0.236. The van der Waals surface area contributed by atoms with E-state index in [9.17, 15) is 5.11 Å². The number of nitrogens with zero attached hydrogens (tertiary/aromatic N) is 3. The van der Waals surface area contributed by atoms with Crippen molar-refractivity contribution in [3.8, 4) is 0 Å². The second-order valence-corrected chi connectivity index (χ2v) is 3.90. The zero-order valence-electron chi connectivity index (χ0n) is 9.46. The molecule has 2 heterocycles. The number of hydrogen-bond donors (Lipinski definition) is 1. The van der Waals surface area contributed by atoms with Crippen LogP contribution in [-0.4, -0.2) is 47.5 Å². The second-order valence-electron chi connectivity index (χ2n) is 3.90. The van der Waals surface area contributed by atoms with Crippen molar-refractivity contribution in [3.05, 3.63) is 18.1 Å². The first-order valence-corrected chi connectivity index (χ1v) is 5.61. The minimum absolute atomic E-state index is 0.405. The molecule has 1 atom stereocenters. The van der Waals surface area contributed by atoms with Crippen LogP contribution in [0.2, 0.25) is 0 Å². The van der Waals surface area contributed by atoms with Crippen LogP contribution in [0.5, 0.6) is 0 Å². The molecule has 5 nitrogen and oxygen atoms in total. The van der Waals surface area contributed by atoms with Gasteiger partial charge in [0.2, 0.25) is 0 Å². The molecular weight excluding hydrogens is 206 g/mol. The number of aliphatic hydroxyl groups excluding tert-OH is 1. The van der Waals surface area contributed by atoms with Crippen LogP contribution >= 0.6 is 0 Å². The minimum Gasteiger partial charge on any atom is -0.389 e. The van der Waals surface area contributed by atoms with E-state index in [1.165, 1.54) is 0 Å². The molecule has 1 unspecified atom stereocenters. The zero-order chi connectivity index (χ0) is 11.4. The third kappa shape index (κ3) is 2.68. The average molecular weight is 223 g/mol. The molecule has 0 saturated carbocycles. The van der Waals surface area contributed by atoms with Gasteiger partial charge >= 0.3 is 0 Å². The van der Waals surface area contributed by atoms with Gasteiger partial charge in [0, 0.05) is 24.8 Å². The number of ether oxygens (including phenoxy) is 1. The summed E-state index contributed by atoms with van der Waals surface area (Å²) in [7, 11) is 0. The normalized spacial score (nSPS) is 21.9. The van der Waals surface area contributed by atoms with Crippen molar-refractivity contribution in [2.24, 2.45) is 0 Å². The van der Waals surface area contributed by atoms with Crippen LogP contribution in [0, 0.1) is 0 Å². The Kier molecular flexibility index (Phi) is 3.69. The summed E-state index contributed by atoms with van der Waals surface area (Å²) in [6.45, 7) is 4.43. The van der Waals surface area contributed by atoms with Gasteiger partial charge in [-0.25, -0.2) is 9.97 Å². The van der Waals surface area contributed by atoms with Crippen LogP contribution in [0.1, 0.15) is 12.6 Å². The molecule has 0 aromatic carbocycles. The second kappa shape index (κ2) is 5.23. The summed E-state index contributed by atoms with van der Waals surface area (Å²) in [4.78, 5) is 10.4. The molecule has 0 amide bonds. The molecule has 1 aliphatic heterocycles. The van der Waals surface area contributed by atoms with Crippen molar-refractivity contribution >= 4 is 5.82 Å². The molecule has 0 aliphatic carbocycles. The van der Waals surface area contributed by atoms with Gasteiger partial charge in [0.05, 0.1) is 19.3 Å². The fourth-order valence-electron chi connectivity index (χ4n) is 1.75. The molecule has 0 radical (unpaired) electrons. The largest absolute Gasteiger partial charge is 0.389 e. The van der Waals surface area contributed by atoms with E-state index in [-0.39, 0.29) is 0 Å². The molecule has 1 aromatic heterocycles. The summed E-state index contributed by atoms with van der Waals surface area (Å²) in [5.74, 6) is 0.872. The van der Waals surface area contributed by atoms with E-state index in [2.05, 4.69) is 16.9 Å². The molecule has 16 heavy (non-hydrogen) atoms. The first-order valence-electron chi connectivity index (χ1n) is 5.61. The van der Waals surface area contributed by atoms with Crippen molar-refractivity contribution in [2.75, 3.05) is 31.2 Å². The van der Waals surface area contributed by atoms with Gasteiger partial charge < -0.3 is 14.7 Å². The lowest BCUT2D eigenvalue weighted by atomic mass is 10.3. The molecule has 1 N–H and O–H groups in total. The van der Waals surface area contributed by atoms with E-state index in [0.717, 1.165) is 24.5 Å². The van der Waals surface area contributed by atoms with E-state index in [4.69, 9.17) is 4.74 Å². The maximum absolute atomic E-state index is 9.64. The Labute approximate surface area is 95.1 Å². The fourth-order valence-corrected chi connectivity index (χ4v) is 1.75. The molecule has 1 aliphatic rings. The van der Waals surface area contributed by atoms with Gasteiger partial charge in [-0.3, -0.25) is 0 Å². The third-order valence-corrected chi connectivity index (χ3v) is 2.64. The maximum Gasteiger partial charge on any atom is 0.132 e. The minimum atomic E-state index is -0.442. The van der Waals surface area contributed by atoms with Gasteiger partial charge in [0.15, 0.2) is 0 Å². The molecule has 88 valence electrons. The Morgan fingerprint density at radius 2 is 2.44 bits per heavy atom. The van der Waals surface area contributed by atoms with Crippen LogP contribution in [0.3, 0.4) is 0 Å². The number of β-amino-alcohol motifs (C(OH)–C–C–N with tert-alkyl or cyclic N) is 1. The number of anilines is 1. The van der Waals surface area contributed by atoms with Gasteiger partial charge in [0.1, 0.15) is 12.1 Å². The highest BCUT2D eigenvalue weighted by atomic mass is 16.5. The van der Waals surface area contributed by atoms with Gasteiger partial charge in [-0.1, -0.05) is 6.92 Å². The van der Waals surface area contributed by atoms with Crippen molar-refractivity contribution in [1.82, 2.24) is 9.97 Å². The fraction of sp³-hybridized carbons (Fsp3) is 0.636. The number of rotatable bonds is 2. The summed E-state index contributed by atoms with van der Waals surface area (Å²) in [5, 5.41) is 9.64. The Hall–Kier alpha value is -1.20. The van der Waals surface area contributed by atoms with Crippen LogP contribution in [-0.2, 0) is 11.2 Å². The molecule has 1 saturated heterocycles. The number of hydrogen-bond acceptors (Lipinski definition) is 5. The lowest BCUT2D eigenvalue weighted by Crippen LogP contribution is -2.33. The van der Waals surface area contributed by atoms with E-state index in [0.29, 0.717) is 19.8 Å². The lowest BCUT2D eigenvalue weighted by Gasteiger charge is -2.22. The van der Waals surface area contributed by atoms with E-state index in [1.54, 1.807) is 6.33 Å². The van der Waals surface area contributed by atoms with Crippen molar-refractivity contribution in [3.63, 3.8) is 0 Å². The Morgan fingerprint density at radius 3 is 3.25 bits per heavy atom. The van der Waals surface area contributed by atoms with Crippen LogP contribution in [0.4, 0.5) is 5.82 Å². The van der Waals surface area contributed by atoms with Crippen LogP contribution in [0.15, 0.2) is 12.4 Å². The highest BCUT2D eigenvalue weighted by Gasteiger charge is 2.17. The van der Waals surface area contributed by atoms with Crippen molar-refractivity contribution in [1.29, 1.82) is 0 Å². The number of aliphatic hydroxyl groups is 1. The van der Waals surface area contributed by atoms with Crippen LogP contribution in [0.25, 0.3) is 0 Å². The van der Waals surface area contributed by atoms with Crippen molar-refractivity contribution in [2.45, 2.75) is 19.4 Å². The first kappa shape index (κ1) is 11.3. The van der Waals surface area contributed by atoms with Crippen LogP contribution < -0.4 is 4.90 Å². The molecule has 2 rings (SSSR count). The van der Waals surface area contributed by atoms with Gasteiger partial charge in [-0.2, -0.15) is 0 Å². The van der Waals surface area contributed by atoms with Crippen molar-refractivity contribution < 1.29 is 9.84 Å². The smallest absolute Gasteiger partial charge is 0.132 e. The summed E-state index contributed by atoms with van der Waals surface area (Å²) >= 11 is 0. The average Bonchev–Trinajstić information content (AvgIpc) is 2.54. The molecule has 1 aromatic rings. The van der Waals surface area contributed by atoms with E-state index in [1.807, 2.05) is 11.0 Å². The SMILES string of the molecule is CCc1cc(N2CCOCC(O)C2)ncn1. The monoisotopic (exact) mass is 223 g/mol. The summed E-state index contributed by atoms with van der Waals surface area (Å²) in [6.07, 6.45) is 2.02. The quantitative estimate of drug-likeness (QED) is 0.778. The van der Waals surface area contributed by atoms with E-state index < -0.39 is 6.10 Å². The number of aromatic nitrogens is 2. The Balaban J connectivity index is 2.14. The van der Waals surface area contributed by atoms with Gasteiger partial charge in [-0.05, 0) is 6.42 Å². The third-order valence-electron chi connectivity index (χ3n) is 2.64. The summed E-state index contributed by atoms with van der Waals surface area (Å²) in [6, 6.07) is 1.97. The highest BCUT2D eigenvalue weighted by Crippen LogP contribution is 2.13. The molecule has 0 spiro atoms. The van der Waals surface area contributed by atoms with Gasteiger partial charge in [-0.15, -0.1) is 0 Å². The Bertz CT molecular complexity index is 346.